The maximum Gasteiger partial charge on any atom is 0.321 e. The summed E-state index contributed by atoms with van der Waals surface area (Å²) < 4.78 is 1.98. The lowest BCUT2D eigenvalue weighted by Gasteiger charge is -2.44. The molecule has 3 aromatic carbocycles. The number of amides is 2. The van der Waals surface area contributed by atoms with E-state index < -0.39 is 0 Å². The number of nitrogens with zero attached hydrogens (tertiary/aromatic N) is 6. The van der Waals surface area contributed by atoms with Crippen LogP contribution in [0.1, 0.15) is 39.5 Å². The summed E-state index contributed by atoms with van der Waals surface area (Å²) in [5.74, 6) is 1.32. The monoisotopic (exact) mass is 576 g/mol. The summed E-state index contributed by atoms with van der Waals surface area (Å²) in [5.41, 5.74) is 2.76. The van der Waals surface area contributed by atoms with E-state index in [0.717, 1.165) is 52.8 Å². The van der Waals surface area contributed by atoms with E-state index in [4.69, 9.17) is 4.98 Å². The Morgan fingerprint density at radius 3 is 2.70 bits per heavy atom. The van der Waals surface area contributed by atoms with E-state index in [9.17, 15) is 4.79 Å². The van der Waals surface area contributed by atoms with Crippen molar-refractivity contribution in [3.05, 3.63) is 85.3 Å². The molecule has 2 N–H and O–H groups in total. The second kappa shape index (κ2) is 13.2. The fourth-order valence-electron chi connectivity index (χ4n) is 6.05. The molecule has 0 saturated carbocycles. The van der Waals surface area contributed by atoms with Crippen molar-refractivity contribution in [1.82, 2.24) is 29.3 Å². The Bertz CT molecular complexity index is 1680. The number of carbonyl (C=O) groups excluding carboxylic acids is 1. The number of urea groups is 1. The Morgan fingerprint density at radius 2 is 1.79 bits per heavy atom. The van der Waals surface area contributed by atoms with Gasteiger partial charge in [-0.1, -0.05) is 74.7 Å². The van der Waals surface area contributed by atoms with Crippen LogP contribution in [-0.2, 0) is 0 Å². The second-order valence-corrected chi connectivity index (χ2v) is 11.3. The first-order valence-electron chi connectivity index (χ1n) is 15.4. The minimum absolute atomic E-state index is 0.00844. The van der Waals surface area contributed by atoms with Crippen molar-refractivity contribution in [1.29, 1.82) is 0 Å². The Morgan fingerprint density at radius 1 is 0.953 bits per heavy atom. The number of fused-ring (bicyclic) bond motifs is 2. The van der Waals surface area contributed by atoms with E-state index in [1.807, 2.05) is 64.1 Å². The van der Waals surface area contributed by atoms with Crippen LogP contribution in [0.2, 0.25) is 0 Å². The van der Waals surface area contributed by atoms with Crippen LogP contribution in [-0.4, -0.2) is 73.6 Å². The number of para-hydroxylation sites is 2. The maximum atomic E-state index is 13.6. The summed E-state index contributed by atoms with van der Waals surface area (Å²) in [6.45, 7) is 7.55. The average molecular weight is 577 g/mol. The summed E-state index contributed by atoms with van der Waals surface area (Å²) in [4.78, 5) is 31.9. The van der Waals surface area contributed by atoms with Gasteiger partial charge in [0, 0.05) is 43.3 Å². The Kier molecular flexibility index (Phi) is 8.79. The summed E-state index contributed by atoms with van der Waals surface area (Å²) in [6, 6.07) is 24.1. The van der Waals surface area contributed by atoms with Gasteiger partial charge in [0.25, 0.3) is 0 Å². The molecule has 222 valence electrons. The quantitative estimate of drug-likeness (QED) is 0.183. The van der Waals surface area contributed by atoms with Crippen molar-refractivity contribution in [3.63, 3.8) is 0 Å². The van der Waals surface area contributed by atoms with Gasteiger partial charge in [-0.05, 0) is 49.5 Å². The number of hydrogen-bond donors (Lipinski definition) is 2. The van der Waals surface area contributed by atoms with Crippen LogP contribution >= 0.6 is 0 Å². The van der Waals surface area contributed by atoms with Crippen molar-refractivity contribution in [2.45, 2.75) is 51.6 Å². The average Bonchev–Trinajstić information content (AvgIpc) is 3.48. The fraction of sp³-hybridized carbons (Fsp3) is 0.353. The summed E-state index contributed by atoms with van der Waals surface area (Å²) in [5, 5.41) is 8.92. The summed E-state index contributed by atoms with van der Waals surface area (Å²) in [6.07, 6.45) is 8.40. The molecule has 0 bridgehead atoms. The number of unbranched alkanes of at least 4 members (excludes halogenated alkanes) is 3. The first-order valence-corrected chi connectivity index (χ1v) is 15.4. The van der Waals surface area contributed by atoms with Gasteiger partial charge in [-0.3, -0.25) is 9.47 Å². The molecule has 0 spiro atoms. The fourth-order valence-corrected chi connectivity index (χ4v) is 6.05. The number of nitrogens with one attached hydrogen (secondary N) is 2. The highest BCUT2D eigenvalue weighted by molar-refractivity contribution is 6.01. The lowest BCUT2D eigenvalue weighted by Crippen LogP contribution is -2.60. The highest BCUT2D eigenvalue weighted by Gasteiger charge is 2.33. The van der Waals surface area contributed by atoms with Gasteiger partial charge < -0.3 is 15.5 Å². The molecule has 0 unspecified atom stereocenters. The molecule has 1 fully saturated rings. The van der Waals surface area contributed by atoms with Gasteiger partial charge in [-0.25, -0.2) is 14.8 Å². The van der Waals surface area contributed by atoms with E-state index in [2.05, 4.69) is 57.5 Å². The van der Waals surface area contributed by atoms with Gasteiger partial charge in [0.05, 0.1) is 16.7 Å². The zero-order valence-electron chi connectivity index (χ0n) is 25.0. The predicted molar refractivity (Wildman–Crippen MR) is 174 cm³/mol. The van der Waals surface area contributed by atoms with Gasteiger partial charge in [0.15, 0.2) is 0 Å². The van der Waals surface area contributed by atoms with Gasteiger partial charge in [0.2, 0.25) is 5.95 Å². The van der Waals surface area contributed by atoms with Crippen LogP contribution in [0.4, 0.5) is 16.4 Å². The van der Waals surface area contributed by atoms with Crippen molar-refractivity contribution in [2.24, 2.45) is 0 Å². The lowest BCUT2D eigenvalue weighted by molar-refractivity contribution is 0.0844. The molecule has 6 rings (SSSR count). The molecule has 2 atom stereocenters. The molecular formula is C34H40N8O. The second-order valence-electron chi connectivity index (χ2n) is 11.3. The third-order valence-corrected chi connectivity index (χ3v) is 8.43. The molecule has 1 aliphatic heterocycles. The number of hydrogen-bond acceptors (Lipinski definition) is 6. The molecule has 3 heterocycles. The van der Waals surface area contributed by atoms with Crippen LogP contribution < -0.4 is 10.6 Å². The van der Waals surface area contributed by atoms with E-state index >= 15 is 0 Å². The molecule has 2 aromatic heterocycles. The number of carbonyl (C=O) groups is 1. The molecule has 2 amide bonds. The van der Waals surface area contributed by atoms with Crippen LogP contribution in [0.3, 0.4) is 0 Å². The van der Waals surface area contributed by atoms with Gasteiger partial charge in [0.1, 0.15) is 12.1 Å². The zero-order chi connectivity index (χ0) is 29.6. The van der Waals surface area contributed by atoms with E-state index in [-0.39, 0.29) is 18.1 Å². The zero-order valence-corrected chi connectivity index (χ0v) is 25.0. The van der Waals surface area contributed by atoms with Crippen LogP contribution in [0.5, 0.6) is 0 Å². The van der Waals surface area contributed by atoms with Gasteiger partial charge in [-0.15, -0.1) is 0 Å². The highest BCUT2D eigenvalue weighted by atomic mass is 16.2. The Labute approximate surface area is 253 Å². The van der Waals surface area contributed by atoms with Crippen LogP contribution in [0.15, 0.2) is 85.3 Å². The number of rotatable bonds is 10. The smallest absolute Gasteiger partial charge is 0.321 e. The number of aromatic nitrogens is 4. The van der Waals surface area contributed by atoms with Gasteiger partial charge in [-0.2, -0.15) is 4.98 Å². The molecular weight excluding hydrogens is 536 g/mol. The van der Waals surface area contributed by atoms with E-state index in [0.29, 0.717) is 19.0 Å². The topological polar surface area (TPSA) is 91.2 Å². The minimum Gasteiger partial charge on any atom is -0.350 e. The van der Waals surface area contributed by atoms with Gasteiger partial charge >= 0.3 is 6.03 Å². The Balaban J connectivity index is 1.18. The van der Waals surface area contributed by atoms with Crippen LogP contribution in [0, 0.1) is 0 Å². The largest absolute Gasteiger partial charge is 0.350 e. The van der Waals surface area contributed by atoms with Crippen molar-refractivity contribution >= 4 is 39.5 Å². The first kappa shape index (κ1) is 28.6. The molecule has 1 saturated heterocycles. The SMILES string of the molecule is CCCCCCN1CCN(C(=O)Nc2cccc3ccccc23)C[C@H]1[C@H](C)Nc1nccc(-n2cnc3ccccc32)n1. The van der Waals surface area contributed by atoms with E-state index in [1.165, 1.54) is 19.3 Å². The maximum absolute atomic E-state index is 13.6. The molecule has 9 heteroatoms. The molecule has 1 aliphatic rings. The molecule has 43 heavy (non-hydrogen) atoms. The Hall–Kier alpha value is -4.50. The minimum atomic E-state index is -0.0654. The van der Waals surface area contributed by atoms with Crippen molar-refractivity contribution in [2.75, 3.05) is 36.8 Å². The van der Waals surface area contributed by atoms with Crippen molar-refractivity contribution in [3.8, 4) is 5.82 Å². The number of benzene rings is 3. The third-order valence-electron chi connectivity index (χ3n) is 8.43. The summed E-state index contributed by atoms with van der Waals surface area (Å²) >= 11 is 0. The number of piperazine rings is 1. The van der Waals surface area contributed by atoms with Crippen molar-refractivity contribution < 1.29 is 4.79 Å². The summed E-state index contributed by atoms with van der Waals surface area (Å²) in [7, 11) is 0. The molecule has 9 nitrogen and oxygen atoms in total. The highest BCUT2D eigenvalue weighted by Crippen LogP contribution is 2.25. The van der Waals surface area contributed by atoms with Crippen LogP contribution in [0.25, 0.3) is 27.6 Å². The van der Waals surface area contributed by atoms with E-state index in [1.54, 1.807) is 12.5 Å². The third kappa shape index (κ3) is 6.46. The number of anilines is 2. The molecule has 0 radical (unpaired) electrons. The first-order chi connectivity index (χ1) is 21.1. The molecule has 5 aromatic rings. The standard InChI is InChI=1S/C34H40N8O/c1-3-4-5-10-20-40-21-22-41(34(43)38-28-16-11-13-26-12-6-7-14-27(26)28)23-31(40)25(2)37-33-35-19-18-32(39-33)42-24-36-29-15-8-9-17-30(29)42/h6-9,11-19,24-25,31H,3-5,10,20-23H2,1-2H3,(H,38,43)(H,35,37,39)/t25-,31-/m0/s1. The number of imidazole rings is 1. The molecule has 0 aliphatic carbocycles. The predicted octanol–water partition coefficient (Wildman–Crippen LogP) is 6.57. The normalized spacial score (nSPS) is 16.4. The lowest BCUT2D eigenvalue weighted by atomic mass is 10.0.